The number of nitrogens with zero attached hydrogens (tertiary/aromatic N) is 1. The Labute approximate surface area is 106 Å². The molecule has 1 aromatic heterocycles. The second-order valence-corrected chi connectivity index (χ2v) is 3.85. The van der Waals surface area contributed by atoms with Gasteiger partial charge in [-0.15, -0.1) is 0 Å². The first kappa shape index (κ1) is 14.2. The SMILES string of the molecule is CCN(CCO)C(=O)C(C)NC(=O)c1ccoc1. The zero-order chi connectivity index (χ0) is 13.5. The van der Waals surface area contributed by atoms with Crippen molar-refractivity contribution in [3.63, 3.8) is 0 Å². The van der Waals surface area contributed by atoms with Crippen LogP contribution in [0.4, 0.5) is 0 Å². The lowest BCUT2D eigenvalue weighted by atomic mass is 10.2. The molecule has 0 fully saturated rings. The minimum Gasteiger partial charge on any atom is -0.472 e. The van der Waals surface area contributed by atoms with Crippen LogP contribution in [0.3, 0.4) is 0 Å². The predicted molar refractivity (Wildman–Crippen MR) is 65.0 cm³/mol. The molecule has 0 aromatic carbocycles. The van der Waals surface area contributed by atoms with Gasteiger partial charge in [-0.2, -0.15) is 0 Å². The van der Waals surface area contributed by atoms with E-state index in [9.17, 15) is 9.59 Å². The zero-order valence-corrected chi connectivity index (χ0v) is 10.5. The summed E-state index contributed by atoms with van der Waals surface area (Å²) < 4.78 is 4.80. The second kappa shape index (κ2) is 6.80. The number of amides is 2. The van der Waals surface area contributed by atoms with Gasteiger partial charge < -0.3 is 19.7 Å². The van der Waals surface area contributed by atoms with Crippen molar-refractivity contribution in [2.24, 2.45) is 0 Å². The first-order chi connectivity index (χ1) is 8.60. The number of aliphatic hydroxyl groups is 1. The molecule has 0 saturated carbocycles. The zero-order valence-electron chi connectivity index (χ0n) is 10.5. The fourth-order valence-electron chi connectivity index (χ4n) is 1.55. The quantitative estimate of drug-likeness (QED) is 0.761. The third kappa shape index (κ3) is 3.59. The predicted octanol–water partition coefficient (Wildman–Crippen LogP) is 0.239. The number of hydrogen-bond donors (Lipinski definition) is 2. The molecule has 0 bridgehead atoms. The Morgan fingerprint density at radius 1 is 1.56 bits per heavy atom. The molecule has 18 heavy (non-hydrogen) atoms. The number of nitrogens with one attached hydrogen (secondary N) is 1. The van der Waals surface area contributed by atoms with Crippen LogP contribution < -0.4 is 5.32 Å². The summed E-state index contributed by atoms with van der Waals surface area (Å²) >= 11 is 0. The van der Waals surface area contributed by atoms with E-state index in [2.05, 4.69) is 5.32 Å². The van der Waals surface area contributed by atoms with Crippen LogP contribution in [0.2, 0.25) is 0 Å². The molecule has 0 aliphatic heterocycles. The van der Waals surface area contributed by atoms with Gasteiger partial charge in [0, 0.05) is 13.1 Å². The third-order valence-electron chi connectivity index (χ3n) is 2.56. The van der Waals surface area contributed by atoms with Crippen molar-refractivity contribution in [3.8, 4) is 0 Å². The van der Waals surface area contributed by atoms with Crippen LogP contribution in [0, 0.1) is 0 Å². The molecule has 0 aliphatic carbocycles. The average Bonchev–Trinajstić information content (AvgIpc) is 2.88. The largest absolute Gasteiger partial charge is 0.472 e. The lowest BCUT2D eigenvalue weighted by Gasteiger charge is -2.23. The Bertz CT molecular complexity index is 389. The highest BCUT2D eigenvalue weighted by molar-refractivity contribution is 5.97. The summed E-state index contributed by atoms with van der Waals surface area (Å²) in [5.41, 5.74) is 0.375. The van der Waals surface area contributed by atoms with Gasteiger partial charge >= 0.3 is 0 Å². The Hall–Kier alpha value is -1.82. The van der Waals surface area contributed by atoms with Gasteiger partial charge in [-0.3, -0.25) is 9.59 Å². The van der Waals surface area contributed by atoms with Crippen molar-refractivity contribution in [3.05, 3.63) is 24.2 Å². The summed E-state index contributed by atoms with van der Waals surface area (Å²) in [6.45, 7) is 4.09. The van der Waals surface area contributed by atoms with Crippen LogP contribution >= 0.6 is 0 Å². The van der Waals surface area contributed by atoms with E-state index in [0.717, 1.165) is 0 Å². The molecule has 1 heterocycles. The van der Waals surface area contributed by atoms with Crippen LogP contribution in [0.5, 0.6) is 0 Å². The fraction of sp³-hybridized carbons (Fsp3) is 0.500. The summed E-state index contributed by atoms with van der Waals surface area (Å²) in [6.07, 6.45) is 2.71. The molecule has 0 radical (unpaired) electrons. The molecule has 6 nitrogen and oxygen atoms in total. The van der Waals surface area contributed by atoms with Crippen LogP contribution in [-0.4, -0.2) is 47.6 Å². The maximum absolute atomic E-state index is 11.9. The van der Waals surface area contributed by atoms with Gasteiger partial charge in [-0.05, 0) is 19.9 Å². The molecule has 1 aromatic rings. The van der Waals surface area contributed by atoms with E-state index in [1.807, 2.05) is 6.92 Å². The topological polar surface area (TPSA) is 82.8 Å². The average molecular weight is 254 g/mol. The van der Waals surface area contributed by atoms with Crippen LogP contribution in [0.15, 0.2) is 23.0 Å². The third-order valence-corrected chi connectivity index (χ3v) is 2.56. The lowest BCUT2D eigenvalue weighted by Crippen LogP contribution is -2.47. The van der Waals surface area contributed by atoms with Gasteiger partial charge in [0.25, 0.3) is 5.91 Å². The maximum Gasteiger partial charge on any atom is 0.255 e. The number of furan rings is 1. The Kier molecular flexibility index (Phi) is 5.38. The van der Waals surface area contributed by atoms with E-state index < -0.39 is 6.04 Å². The van der Waals surface area contributed by atoms with Gasteiger partial charge in [0.15, 0.2) is 0 Å². The monoisotopic (exact) mass is 254 g/mol. The van der Waals surface area contributed by atoms with Crippen molar-refractivity contribution >= 4 is 11.8 Å². The molecule has 1 unspecified atom stereocenters. The number of likely N-dealkylation sites (N-methyl/N-ethyl adjacent to an activating group) is 1. The first-order valence-corrected chi connectivity index (χ1v) is 5.82. The van der Waals surface area contributed by atoms with Crippen molar-refractivity contribution in [1.29, 1.82) is 0 Å². The summed E-state index contributed by atoms with van der Waals surface area (Å²) in [7, 11) is 0. The van der Waals surface area contributed by atoms with E-state index in [1.54, 1.807) is 6.92 Å². The number of aliphatic hydroxyl groups excluding tert-OH is 1. The van der Waals surface area contributed by atoms with Gasteiger partial charge in [0.2, 0.25) is 5.91 Å². The molecule has 2 N–H and O–H groups in total. The molecular weight excluding hydrogens is 236 g/mol. The van der Waals surface area contributed by atoms with E-state index in [1.165, 1.54) is 23.5 Å². The number of rotatable bonds is 6. The van der Waals surface area contributed by atoms with E-state index in [-0.39, 0.29) is 25.0 Å². The van der Waals surface area contributed by atoms with Gasteiger partial charge in [0.1, 0.15) is 12.3 Å². The maximum atomic E-state index is 11.9. The smallest absolute Gasteiger partial charge is 0.255 e. The van der Waals surface area contributed by atoms with Crippen molar-refractivity contribution in [2.45, 2.75) is 19.9 Å². The first-order valence-electron chi connectivity index (χ1n) is 5.82. The molecule has 0 saturated heterocycles. The summed E-state index contributed by atoms with van der Waals surface area (Å²) in [5, 5.41) is 11.4. The lowest BCUT2D eigenvalue weighted by molar-refractivity contribution is -0.133. The highest BCUT2D eigenvalue weighted by Gasteiger charge is 2.21. The van der Waals surface area contributed by atoms with Crippen molar-refractivity contribution in [2.75, 3.05) is 19.7 Å². The Balaban J connectivity index is 2.56. The molecule has 2 amide bonds. The van der Waals surface area contributed by atoms with E-state index >= 15 is 0 Å². The van der Waals surface area contributed by atoms with E-state index in [0.29, 0.717) is 12.1 Å². The molecular formula is C12H18N2O4. The van der Waals surface area contributed by atoms with Crippen molar-refractivity contribution in [1.82, 2.24) is 10.2 Å². The summed E-state index contributed by atoms with van der Waals surface area (Å²) in [4.78, 5) is 25.1. The minimum absolute atomic E-state index is 0.0953. The number of carbonyl (C=O) groups is 2. The van der Waals surface area contributed by atoms with Gasteiger partial charge in [0.05, 0.1) is 18.4 Å². The Morgan fingerprint density at radius 3 is 2.78 bits per heavy atom. The standard InChI is InChI=1S/C12H18N2O4/c1-3-14(5-6-15)12(17)9(2)13-11(16)10-4-7-18-8-10/h4,7-9,15H,3,5-6H2,1-2H3,(H,13,16). The van der Waals surface area contributed by atoms with Gasteiger partial charge in [-0.1, -0.05) is 0 Å². The molecule has 100 valence electrons. The molecule has 1 rings (SSSR count). The molecule has 0 aliphatic rings. The highest BCUT2D eigenvalue weighted by Crippen LogP contribution is 2.01. The van der Waals surface area contributed by atoms with Crippen molar-refractivity contribution < 1.29 is 19.1 Å². The molecule has 1 atom stereocenters. The van der Waals surface area contributed by atoms with Crippen LogP contribution in [0.1, 0.15) is 24.2 Å². The number of hydrogen-bond acceptors (Lipinski definition) is 4. The minimum atomic E-state index is -0.640. The fourth-order valence-corrected chi connectivity index (χ4v) is 1.55. The van der Waals surface area contributed by atoms with Gasteiger partial charge in [-0.25, -0.2) is 0 Å². The number of carbonyl (C=O) groups excluding carboxylic acids is 2. The molecule has 6 heteroatoms. The second-order valence-electron chi connectivity index (χ2n) is 3.85. The highest BCUT2D eigenvalue weighted by atomic mass is 16.3. The summed E-state index contributed by atoms with van der Waals surface area (Å²) in [6, 6.07) is 0.886. The van der Waals surface area contributed by atoms with Crippen LogP contribution in [-0.2, 0) is 4.79 Å². The Morgan fingerprint density at radius 2 is 2.28 bits per heavy atom. The normalized spacial score (nSPS) is 11.9. The van der Waals surface area contributed by atoms with E-state index in [4.69, 9.17) is 9.52 Å². The molecule has 0 spiro atoms. The van der Waals surface area contributed by atoms with Crippen LogP contribution in [0.25, 0.3) is 0 Å². The summed E-state index contributed by atoms with van der Waals surface area (Å²) in [5.74, 6) is -0.576.